The molecule has 0 aliphatic carbocycles. The highest BCUT2D eigenvalue weighted by Gasteiger charge is 2.22. The van der Waals surface area contributed by atoms with Crippen LogP contribution in [0.15, 0.2) is 27.6 Å². The number of rotatable bonds is 0. The zero-order valence-electron chi connectivity index (χ0n) is 6.67. The van der Waals surface area contributed by atoms with E-state index >= 15 is 0 Å². The topological polar surface area (TPSA) is 29.1 Å². The second kappa shape index (κ2) is 2.65. The second-order valence-electron chi connectivity index (χ2n) is 3.03. The number of nitrogens with one attached hydrogen (secondary N) is 1. The van der Waals surface area contributed by atoms with Crippen LogP contribution in [0, 0.1) is 0 Å². The number of hydrogen-bond donors (Lipinski definition) is 2. The lowest BCUT2D eigenvalue weighted by Gasteiger charge is -2.11. The molecule has 0 atom stereocenters. The summed E-state index contributed by atoms with van der Waals surface area (Å²) in [5, 5.41) is 0. The number of benzene rings is 1. The molecule has 66 valence electrons. The quantitative estimate of drug-likeness (QED) is 0.669. The van der Waals surface area contributed by atoms with Crippen LogP contribution in [0.3, 0.4) is 0 Å². The first kappa shape index (κ1) is 8.41. The van der Waals surface area contributed by atoms with Crippen LogP contribution in [0.1, 0.15) is 5.56 Å². The van der Waals surface area contributed by atoms with Crippen molar-refractivity contribution in [3.8, 4) is 0 Å². The molecule has 0 saturated carbocycles. The van der Waals surface area contributed by atoms with E-state index in [1.165, 1.54) is 0 Å². The predicted octanol–water partition coefficient (Wildman–Crippen LogP) is 1.47. The van der Waals surface area contributed by atoms with Gasteiger partial charge in [-0.3, -0.25) is 8.93 Å². The van der Waals surface area contributed by atoms with Crippen LogP contribution in [0.4, 0.5) is 0 Å². The monoisotopic (exact) mass is 247 g/mol. The molecule has 1 heterocycles. The molecule has 0 bridgehead atoms. The average Bonchev–Trinajstić information content (AvgIpc) is 2.27. The van der Waals surface area contributed by atoms with Gasteiger partial charge in [0.25, 0.3) is 0 Å². The number of thiol groups is 1. The van der Waals surface area contributed by atoms with Gasteiger partial charge in [-0.25, -0.2) is 0 Å². The van der Waals surface area contributed by atoms with Gasteiger partial charge in [0.2, 0.25) is 0 Å². The highest BCUT2D eigenvalue weighted by molar-refractivity contribution is 9.10. The molecule has 1 aromatic rings. The van der Waals surface area contributed by atoms with Crippen LogP contribution in [-0.4, -0.2) is 10.5 Å². The molecule has 0 spiro atoms. The second-order valence-corrected chi connectivity index (χ2v) is 6.59. The fraction of sp³-hybridized carbons (Fsp3) is 0.250. The van der Waals surface area contributed by atoms with Gasteiger partial charge >= 0.3 is 0 Å². The fourth-order valence-corrected chi connectivity index (χ4v) is 3.53. The molecule has 1 N–H and O–H groups in total. The molecule has 0 aromatic heterocycles. The molecule has 2 rings (SSSR count). The Morgan fingerprint density at radius 1 is 1.58 bits per heavy atom. The van der Waals surface area contributed by atoms with Crippen molar-refractivity contribution in [2.24, 2.45) is 0 Å². The van der Waals surface area contributed by atoms with E-state index < -0.39 is 10.1 Å². The summed E-state index contributed by atoms with van der Waals surface area (Å²) in [6.07, 6.45) is 1.77. The minimum Gasteiger partial charge on any atom is -0.267 e. The van der Waals surface area contributed by atoms with E-state index in [0.29, 0.717) is 0 Å². The zero-order valence-corrected chi connectivity index (χ0v) is 9.15. The molecule has 0 unspecified atom stereocenters. The molecular formula is C8H10BrNOS. The summed E-state index contributed by atoms with van der Waals surface area (Å²) in [5.74, 6) is 0. The largest absolute Gasteiger partial charge is 0.267 e. The molecule has 4 heteroatoms. The van der Waals surface area contributed by atoms with Gasteiger partial charge in [0.1, 0.15) is 0 Å². The van der Waals surface area contributed by atoms with Gasteiger partial charge in [0.15, 0.2) is 0 Å². The molecule has 0 saturated heterocycles. The van der Waals surface area contributed by atoms with Crippen LogP contribution < -0.4 is 4.72 Å². The average molecular weight is 248 g/mol. The van der Waals surface area contributed by atoms with Crippen molar-refractivity contribution in [3.63, 3.8) is 0 Å². The minimum absolute atomic E-state index is 0.725. The van der Waals surface area contributed by atoms with Gasteiger partial charge in [-0.15, -0.1) is 0 Å². The molecule has 2 nitrogen and oxygen atoms in total. The highest BCUT2D eigenvalue weighted by atomic mass is 79.9. The van der Waals surface area contributed by atoms with Crippen molar-refractivity contribution >= 4 is 26.0 Å². The molecule has 0 radical (unpaired) electrons. The van der Waals surface area contributed by atoms with Crippen molar-refractivity contribution in [2.75, 3.05) is 6.26 Å². The standard InChI is InChI=1S/C8H10BrNOS/c1-12(11)8-3-2-7(9)4-6(8)5-10-12/h2-4,12H,5H2,1H3,(H,10,11). The van der Waals surface area contributed by atoms with Gasteiger partial charge in [-0.1, -0.05) is 15.9 Å². The van der Waals surface area contributed by atoms with Crippen molar-refractivity contribution in [1.82, 2.24) is 4.72 Å². The molecule has 1 aliphatic heterocycles. The normalized spacial score (nSPS) is 21.8. The van der Waals surface area contributed by atoms with Gasteiger partial charge in [0.05, 0.1) is 0 Å². The SMILES string of the molecule is C[SH]1(=O)NCc2cc(Br)ccc21. The zero-order chi connectivity index (χ0) is 8.77. The van der Waals surface area contributed by atoms with Crippen molar-refractivity contribution < 1.29 is 4.21 Å². The van der Waals surface area contributed by atoms with E-state index in [1.54, 1.807) is 6.26 Å². The minimum atomic E-state index is -2.22. The summed E-state index contributed by atoms with van der Waals surface area (Å²) in [4.78, 5) is 0.978. The number of halogens is 1. The Morgan fingerprint density at radius 2 is 2.33 bits per heavy atom. The Bertz CT molecular complexity index is 377. The first-order valence-electron chi connectivity index (χ1n) is 3.71. The van der Waals surface area contributed by atoms with Gasteiger partial charge in [-0.2, -0.15) is 0 Å². The van der Waals surface area contributed by atoms with Crippen molar-refractivity contribution in [2.45, 2.75) is 11.4 Å². The maximum absolute atomic E-state index is 11.8. The van der Waals surface area contributed by atoms with E-state index in [4.69, 9.17) is 0 Å². The Labute approximate surface area is 81.1 Å². The summed E-state index contributed by atoms with van der Waals surface area (Å²) >= 11 is 3.38. The first-order valence-corrected chi connectivity index (χ1v) is 6.66. The lowest BCUT2D eigenvalue weighted by Crippen LogP contribution is -2.21. The smallest absolute Gasteiger partial charge is 0.0329 e. The van der Waals surface area contributed by atoms with Gasteiger partial charge in [-0.05, 0) is 33.9 Å². The number of fused-ring (bicyclic) bond motifs is 1. The molecule has 0 amide bonds. The van der Waals surface area contributed by atoms with Crippen LogP contribution in [0.25, 0.3) is 0 Å². The summed E-state index contributed by atoms with van der Waals surface area (Å²) in [6.45, 7) is 0.725. The Hall–Kier alpha value is -0.190. The third-order valence-electron chi connectivity index (χ3n) is 2.07. The first-order chi connectivity index (χ1) is 5.59. The Morgan fingerprint density at radius 3 is 3.08 bits per heavy atom. The third kappa shape index (κ3) is 1.24. The van der Waals surface area contributed by atoms with Gasteiger partial charge in [0, 0.05) is 22.2 Å². The maximum atomic E-state index is 11.8. The van der Waals surface area contributed by atoms with Crippen LogP contribution in [-0.2, 0) is 16.7 Å². The summed E-state index contributed by atoms with van der Waals surface area (Å²) in [6, 6.07) is 5.88. The van der Waals surface area contributed by atoms with E-state index in [-0.39, 0.29) is 0 Å². The molecule has 0 fully saturated rings. The van der Waals surface area contributed by atoms with E-state index in [0.717, 1.165) is 21.5 Å². The van der Waals surface area contributed by atoms with Crippen molar-refractivity contribution in [1.29, 1.82) is 0 Å². The summed E-state index contributed by atoms with van der Waals surface area (Å²) in [7, 11) is -2.22. The maximum Gasteiger partial charge on any atom is 0.0329 e. The van der Waals surface area contributed by atoms with Crippen LogP contribution >= 0.6 is 15.9 Å². The summed E-state index contributed by atoms with van der Waals surface area (Å²) in [5.41, 5.74) is 1.15. The molecule has 1 aliphatic rings. The predicted molar refractivity (Wildman–Crippen MR) is 54.7 cm³/mol. The molecule has 1 aromatic carbocycles. The molecule has 12 heavy (non-hydrogen) atoms. The van der Waals surface area contributed by atoms with E-state index in [9.17, 15) is 4.21 Å². The van der Waals surface area contributed by atoms with Crippen molar-refractivity contribution in [3.05, 3.63) is 28.2 Å². The van der Waals surface area contributed by atoms with Crippen LogP contribution in [0.5, 0.6) is 0 Å². The van der Waals surface area contributed by atoms with Crippen LogP contribution in [0.2, 0.25) is 0 Å². The van der Waals surface area contributed by atoms with Gasteiger partial charge < -0.3 is 0 Å². The fourth-order valence-electron chi connectivity index (χ4n) is 1.43. The Kier molecular flexibility index (Phi) is 1.86. The van der Waals surface area contributed by atoms with E-state index in [2.05, 4.69) is 20.7 Å². The highest BCUT2D eigenvalue weighted by Crippen LogP contribution is 2.28. The number of hydrogen-bond acceptors (Lipinski definition) is 1. The third-order valence-corrected chi connectivity index (χ3v) is 4.68. The lowest BCUT2D eigenvalue weighted by molar-refractivity contribution is 0.669. The summed E-state index contributed by atoms with van der Waals surface area (Å²) < 4.78 is 15.9. The Balaban J connectivity index is 2.63. The van der Waals surface area contributed by atoms with E-state index in [1.807, 2.05) is 18.2 Å². The lowest BCUT2D eigenvalue weighted by atomic mass is 10.2. The molecular weight excluding hydrogens is 238 g/mol.